The van der Waals surface area contributed by atoms with E-state index in [1.54, 1.807) is 19.1 Å². The fourth-order valence-electron chi connectivity index (χ4n) is 2.81. The number of aryl methyl sites for hydroxylation is 1. The molecule has 0 saturated carbocycles. The third kappa shape index (κ3) is 2.81. The second kappa shape index (κ2) is 5.90. The molecule has 1 aromatic heterocycles. The van der Waals surface area contributed by atoms with Crippen LogP contribution >= 0.6 is 0 Å². The quantitative estimate of drug-likeness (QED) is 0.876. The summed E-state index contributed by atoms with van der Waals surface area (Å²) in [6, 6.07) is 3.44. The number of carboxylic acid groups (broad SMARTS) is 1. The van der Waals surface area contributed by atoms with Crippen LogP contribution in [0.5, 0.6) is 0 Å². The fourth-order valence-corrected chi connectivity index (χ4v) is 2.81. The van der Waals surface area contributed by atoms with E-state index in [0.717, 1.165) is 35.0 Å². The number of hydrogen-bond acceptors (Lipinski definition) is 2. The Morgan fingerprint density at radius 3 is 2.38 bits per heavy atom. The molecule has 1 atom stereocenters. The Kier molecular flexibility index (Phi) is 4.37. The molecule has 2 aromatic rings. The van der Waals surface area contributed by atoms with E-state index >= 15 is 0 Å². The Balaban J connectivity index is 2.86. The predicted octanol–water partition coefficient (Wildman–Crippen LogP) is 3.93. The molecule has 0 spiro atoms. The molecule has 0 amide bonds. The van der Waals surface area contributed by atoms with Crippen LogP contribution < -0.4 is 0 Å². The van der Waals surface area contributed by atoms with Crippen molar-refractivity contribution in [2.24, 2.45) is 0 Å². The zero-order valence-electron chi connectivity index (χ0n) is 13.1. The lowest BCUT2D eigenvalue weighted by molar-refractivity contribution is 0.0697. The number of benzene rings is 1. The number of aromatic nitrogens is 1. The molecule has 114 valence electrons. The molecule has 2 N–H and O–H groups in total. The average Bonchev–Trinajstić information content (AvgIpc) is 2.77. The summed E-state index contributed by atoms with van der Waals surface area (Å²) < 4.78 is 2.14. The molecule has 0 aliphatic rings. The molecule has 0 radical (unpaired) electrons. The van der Waals surface area contributed by atoms with E-state index < -0.39 is 12.1 Å². The van der Waals surface area contributed by atoms with Gasteiger partial charge in [-0.3, -0.25) is 0 Å². The van der Waals surface area contributed by atoms with E-state index in [0.29, 0.717) is 0 Å². The minimum absolute atomic E-state index is 0.221. The number of rotatable bonds is 5. The largest absolute Gasteiger partial charge is 0.478 e. The highest BCUT2D eigenvalue weighted by Crippen LogP contribution is 2.33. The number of carboxylic acids is 1. The van der Waals surface area contributed by atoms with Crippen molar-refractivity contribution in [3.05, 3.63) is 35.0 Å². The Hall–Kier alpha value is -1.81. The van der Waals surface area contributed by atoms with E-state index in [2.05, 4.69) is 25.3 Å². The van der Waals surface area contributed by atoms with Gasteiger partial charge in [-0.05, 0) is 37.0 Å². The van der Waals surface area contributed by atoms with Crippen molar-refractivity contribution >= 4 is 16.9 Å². The Morgan fingerprint density at radius 2 is 1.90 bits per heavy atom. The molecular weight excluding hydrogens is 266 g/mol. The minimum Gasteiger partial charge on any atom is -0.478 e. The van der Waals surface area contributed by atoms with Crippen molar-refractivity contribution in [2.45, 2.75) is 52.7 Å². The van der Waals surface area contributed by atoms with Crippen LogP contribution in [0.3, 0.4) is 0 Å². The van der Waals surface area contributed by atoms with Gasteiger partial charge in [0.25, 0.3) is 0 Å². The lowest BCUT2D eigenvalue weighted by Gasteiger charge is -2.13. The minimum atomic E-state index is -0.932. The summed E-state index contributed by atoms with van der Waals surface area (Å²) in [5.41, 5.74) is 3.14. The van der Waals surface area contributed by atoms with Crippen molar-refractivity contribution in [3.8, 4) is 0 Å². The first-order valence-electron chi connectivity index (χ1n) is 7.44. The van der Waals surface area contributed by atoms with Gasteiger partial charge in [0.1, 0.15) is 0 Å². The smallest absolute Gasteiger partial charge is 0.335 e. The van der Waals surface area contributed by atoms with Gasteiger partial charge in [-0.25, -0.2) is 4.79 Å². The summed E-state index contributed by atoms with van der Waals surface area (Å²) >= 11 is 0. The number of aromatic carboxylic acids is 1. The Morgan fingerprint density at radius 1 is 1.24 bits per heavy atom. The highest BCUT2D eigenvalue weighted by atomic mass is 16.4. The zero-order valence-corrected chi connectivity index (χ0v) is 13.1. The predicted molar refractivity (Wildman–Crippen MR) is 83.9 cm³/mol. The molecule has 2 rings (SSSR count). The number of carbonyl (C=O) groups is 1. The first kappa shape index (κ1) is 15.6. The molecule has 21 heavy (non-hydrogen) atoms. The summed E-state index contributed by atoms with van der Waals surface area (Å²) in [5.74, 6) is -0.710. The summed E-state index contributed by atoms with van der Waals surface area (Å²) in [7, 11) is 0. The molecule has 1 aromatic carbocycles. The lowest BCUT2D eigenvalue weighted by atomic mass is 9.95. The molecule has 1 unspecified atom stereocenters. The number of fused-ring (bicyclic) bond motifs is 1. The molecule has 0 aliphatic heterocycles. The topological polar surface area (TPSA) is 62.5 Å². The van der Waals surface area contributed by atoms with Gasteiger partial charge in [-0.1, -0.05) is 20.8 Å². The van der Waals surface area contributed by atoms with Crippen LogP contribution in [0.15, 0.2) is 18.3 Å². The first-order chi connectivity index (χ1) is 9.86. The van der Waals surface area contributed by atoms with Crippen molar-refractivity contribution in [1.82, 2.24) is 4.57 Å². The van der Waals surface area contributed by atoms with Crippen molar-refractivity contribution in [3.63, 3.8) is 0 Å². The summed E-state index contributed by atoms with van der Waals surface area (Å²) in [4.78, 5) is 11.4. The van der Waals surface area contributed by atoms with Gasteiger partial charge in [0.2, 0.25) is 0 Å². The standard InChI is InChI=1S/C17H23NO3/c1-5-6-18-9-15(11(4)19)14-8-12(17(20)21)7-13(10(2)3)16(14)18/h7-11,19H,5-6H2,1-4H3,(H,20,21). The molecule has 4 nitrogen and oxygen atoms in total. The van der Waals surface area contributed by atoms with E-state index in [1.165, 1.54) is 0 Å². The highest BCUT2D eigenvalue weighted by molar-refractivity contribution is 5.97. The van der Waals surface area contributed by atoms with Crippen molar-refractivity contribution in [1.29, 1.82) is 0 Å². The van der Waals surface area contributed by atoms with Crippen LogP contribution in [0.4, 0.5) is 0 Å². The van der Waals surface area contributed by atoms with Crippen molar-refractivity contribution in [2.75, 3.05) is 0 Å². The van der Waals surface area contributed by atoms with Gasteiger partial charge in [0, 0.05) is 23.7 Å². The lowest BCUT2D eigenvalue weighted by Crippen LogP contribution is -2.03. The summed E-state index contributed by atoms with van der Waals surface area (Å²) in [5, 5.41) is 20.2. The van der Waals surface area contributed by atoms with Gasteiger partial charge in [-0.15, -0.1) is 0 Å². The number of hydrogen-bond donors (Lipinski definition) is 2. The van der Waals surface area contributed by atoms with Gasteiger partial charge < -0.3 is 14.8 Å². The van der Waals surface area contributed by atoms with Crippen LogP contribution in [0.1, 0.15) is 67.6 Å². The van der Waals surface area contributed by atoms with E-state index in [1.807, 2.05) is 6.20 Å². The van der Waals surface area contributed by atoms with E-state index in [4.69, 9.17) is 0 Å². The molecule has 0 aliphatic carbocycles. The Bertz CT molecular complexity index is 668. The van der Waals surface area contributed by atoms with Crippen LogP contribution in [0.25, 0.3) is 10.9 Å². The van der Waals surface area contributed by atoms with Crippen LogP contribution in [0.2, 0.25) is 0 Å². The highest BCUT2D eigenvalue weighted by Gasteiger charge is 2.19. The Labute approximate surface area is 125 Å². The normalized spacial score (nSPS) is 13.0. The molecule has 0 fully saturated rings. The number of aliphatic hydroxyl groups is 1. The zero-order chi connectivity index (χ0) is 15.7. The maximum Gasteiger partial charge on any atom is 0.335 e. The van der Waals surface area contributed by atoms with Gasteiger partial charge >= 0.3 is 5.97 Å². The molecule has 0 saturated heterocycles. The van der Waals surface area contributed by atoms with Gasteiger partial charge in [-0.2, -0.15) is 0 Å². The second-order valence-electron chi connectivity index (χ2n) is 5.88. The fraction of sp³-hybridized carbons (Fsp3) is 0.471. The number of nitrogens with zero attached hydrogens (tertiary/aromatic N) is 1. The first-order valence-corrected chi connectivity index (χ1v) is 7.44. The van der Waals surface area contributed by atoms with Crippen LogP contribution in [-0.2, 0) is 6.54 Å². The van der Waals surface area contributed by atoms with Crippen LogP contribution in [0, 0.1) is 0 Å². The summed E-state index contributed by atoms with van der Waals surface area (Å²) in [6.07, 6.45) is 2.33. The van der Waals surface area contributed by atoms with Gasteiger partial charge in [0.05, 0.1) is 17.2 Å². The maximum absolute atomic E-state index is 11.4. The number of aliphatic hydroxyl groups excluding tert-OH is 1. The molecule has 0 bridgehead atoms. The van der Waals surface area contributed by atoms with Crippen LogP contribution in [-0.4, -0.2) is 20.7 Å². The van der Waals surface area contributed by atoms with E-state index in [-0.39, 0.29) is 11.5 Å². The third-order valence-electron chi connectivity index (χ3n) is 3.82. The third-order valence-corrected chi connectivity index (χ3v) is 3.82. The monoisotopic (exact) mass is 289 g/mol. The SMILES string of the molecule is CCCn1cc(C(C)O)c2cc(C(=O)O)cc(C(C)C)c21. The molecule has 4 heteroatoms. The van der Waals surface area contributed by atoms with Gasteiger partial charge in [0.15, 0.2) is 0 Å². The maximum atomic E-state index is 11.4. The second-order valence-corrected chi connectivity index (χ2v) is 5.88. The summed E-state index contributed by atoms with van der Waals surface area (Å²) in [6.45, 7) is 8.80. The van der Waals surface area contributed by atoms with E-state index in [9.17, 15) is 15.0 Å². The van der Waals surface area contributed by atoms with Crippen molar-refractivity contribution < 1.29 is 15.0 Å². The molecular formula is C17H23NO3. The average molecular weight is 289 g/mol. The molecule has 1 heterocycles.